The van der Waals surface area contributed by atoms with Gasteiger partial charge in [-0.05, 0) is 17.7 Å². The molecule has 4 nitrogen and oxygen atoms in total. The molecule has 0 spiro atoms. The van der Waals surface area contributed by atoms with Gasteiger partial charge in [-0.2, -0.15) is 0 Å². The minimum absolute atomic E-state index is 0.236. The second kappa shape index (κ2) is 4.23. The van der Waals surface area contributed by atoms with Gasteiger partial charge in [0, 0.05) is 26.1 Å². The number of hydrogen-bond acceptors (Lipinski definition) is 3. The van der Waals surface area contributed by atoms with Gasteiger partial charge in [-0.3, -0.25) is 0 Å². The molecule has 86 valence electrons. The number of carboxylic acids is 1. The Hall–Kier alpha value is -1.39. The highest BCUT2D eigenvalue weighted by Crippen LogP contribution is 2.31. The van der Waals surface area contributed by atoms with Crippen molar-refractivity contribution >= 4 is 5.97 Å². The van der Waals surface area contributed by atoms with E-state index in [1.165, 1.54) is 12.1 Å². The molecular formula is C12H14O4. The average molecular weight is 222 g/mol. The van der Waals surface area contributed by atoms with Crippen molar-refractivity contribution in [2.45, 2.75) is 18.4 Å². The number of aromatic carboxylic acids is 1. The molecule has 1 fully saturated rings. The summed E-state index contributed by atoms with van der Waals surface area (Å²) in [6, 6.07) is 6.39. The Bertz CT molecular complexity index is 377. The second-order valence-electron chi connectivity index (χ2n) is 4.03. The molecule has 4 heteroatoms. The number of ether oxygens (including phenoxy) is 1. The van der Waals surface area contributed by atoms with Gasteiger partial charge < -0.3 is 14.9 Å². The summed E-state index contributed by atoms with van der Waals surface area (Å²) in [6.07, 6.45) is 1.11. The molecule has 0 amide bonds. The van der Waals surface area contributed by atoms with Crippen molar-refractivity contribution in [3.63, 3.8) is 0 Å². The SMILES string of the molecule is O=C(O)c1ccc(C2(O)CCOCC2)cc1. The van der Waals surface area contributed by atoms with E-state index in [4.69, 9.17) is 9.84 Å². The number of hydrogen-bond donors (Lipinski definition) is 2. The minimum atomic E-state index is -0.953. The molecule has 0 bridgehead atoms. The lowest BCUT2D eigenvalue weighted by Gasteiger charge is -2.32. The van der Waals surface area contributed by atoms with Crippen LogP contribution in [0.4, 0.5) is 0 Å². The van der Waals surface area contributed by atoms with Crippen molar-refractivity contribution in [2.24, 2.45) is 0 Å². The molecule has 0 aliphatic carbocycles. The van der Waals surface area contributed by atoms with Gasteiger partial charge in [0.05, 0.1) is 11.2 Å². The third-order valence-electron chi connectivity index (χ3n) is 2.99. The molecule has 2 N–H and O–H groups in total. The number of aliphatic hydroxyl groups is 1. The predicted molar refractivity (Wildman–Crippen MR) is 57.4 cm³/mol. The molecule has 0 radical (unpaired) electrons. The highest BCUT2D eigenvalue weighted by atomic mass is 16.5. The third-order valence-corrected chi connectivity index (χ3v) is 2.99. The van der Waals surface area contributed by atoms with Crippen LogP contribution >= 0.6 is 0 Å². The van der Waals surface area contributed by atoms with Crippen LogP contribution in [0.5, 0.6) is 0 Å². The highest BCUT2D eigenvalue weighted by molar-refractivity contribution is 5.87. The number of benzene rings is 1. The van der Waals surface area contributed by atoms with Crippen LogP contribution in [0.1, 0.15) is 28.8 Å². The van der Waals surface area contributed by atoms with Gasteiger partial charge in [0.15, 0.2) is 0 Å². The molecule has 16 heavy (non-hydrogen) atoms. The van der Waals surface area contributed by atoms with E-state index >= 15 is 0 Å². The summed E-state index contributed by atoms with van der Waals surface area (Å²) < 4.78 is 5.19. The average Bonchev–Trinajstić information content (AvgIpc) is 2.30. The van der Waals surface area contributed by atoms with Crippen molar-refractivity contribution in [3.05, 3.63) is 35.4 Å². The van der Waals surface area contributed by atoms with Gasteiger partial charge in [-0.1, -0.05) is 12.1 Å². The maximum absolute atomic E-state index is 10.7. The zero-order chi connectivity index (χ0) is 11.6. The van der Waals surface area contributed by atoms with Crippen molar-refractivity contribution in [2.75, 3.05) is 13.2 Å². The lowest BCUT2D eigenvalue weighted by Crippen LogP contribution is -2.33. The first-order chi connectivity index (χ1) is 7.62. The standard InChI is InChI=1S/C12H14O4/c13-11(14)9-1-3-10(4-2-9)12(15)5-7-16-8-6-12/h1-4,15H,5-8H2,(H,13,14). The van der Waals surface area contributed by atoms with Crippen LogP contribution in [0.25, 0.3) is 0 Å². The Kier molecular flexibility index (Phi) is 2.94. The maximum atomic E-state index is 10.7. The van der Waals surface area contributed by atoms with E-state index < -0.39 is 11.6 Å². The Morgan fingerprint density at radius 3 is 2.25 bits per heavy atom. The molecule has 0 atom stereocenters. The van der Waals surface area contributed by atoms with Crippen LogP contribution < -0.4 is 0 Å². The van der Waals surface area contributed by atoms with Crippen molar-refractivity contribution < 1.29 is 19.7 Å². The van der Waals surface area contributed by atoms with Crippen LogP contribution in [-0.4, -0.2) is 29.4 Å². The lowest BCUT2D eigenvalue weighted by atomic mass is 9.86. The molecule has 0 saturated carbocycles. The summed E-state index contributed by atoms with van der Waals surface area (Å²) >= 11 is 0. The summed E-state index contributed by atoms with van der Waals surface area (Å²) in [5.41, 5.74) is 0.134. The Morgan fingerprint density at radius 2 is 1.75 bits per heavy atom. The van der Waals surface area contributed by atoms with Crippen LogP contribution in [0.2, 0.25) is 0 Å². The zero-order valence-electron chi connectivity index (χ0n) is 8.85. The first-order valence-corrected chi connectivity index (χ1v) is 5.26. The molecular weight excluding hydrogens is 208 g/mol. The fourth-order valence-electron chi connectivity index (χ4n) is 1.92. The normalized spacial score (nSPS) is 19.3. The summed E-state index contributed by atoms with van der Waals surface area (Å²) in [5, 5.41) is 19.1. The summed E-state index contributed by atoms with van der Waals surface area (Å²) in [4.78, 5) is 10.7. The fourth-order valence-corrected chi connectivity index (χ4v) is 1.92. The quantitative estimate of drug-likeness (QED) is 0.793. The largest absolute Gasteiger partial charge is 0.478 e. The molecule has 1 aromatic carbocycles. The van der Waals surface area contributed by atoms with Gasteiger partial charge in [-0.25, -0.2) is 4.79 Å². The monoisotopic (exact) mass is 222 g/mol. The molecule has 1 aromatic rings. The fraction of sp³-hybridized carbons (Fsp3) is 0.417. The van der Waals surface area contributed by atoms with Crippen molar-refractivity contribution in [3.8, 4) is 0 Å². The number of carboxylic acid groups (broad SMARTS) is 1. The van der Waals surface area contributed by atoms with Gasteiger partial charge in [0.25, 0.3) is 0 Å². The molecule has 1 aliphatic heterocycles. The maximum Gasteiger partial charge on any atom is 0.335 e. The number of carbonyl (C=O) groups is 1. The molecule has 0 unspecified atom stereocenters. The van der Waals surface area contributed by atoms with Gasteiger partial charge in [-0.15, -0.1) is 0 Å². The van der Waals surface area contributed by atoms with Crippen LogP contribution in [0, 0.1) is 0 Å². The molecule has 2 rings (SSSR count). The molecule has 1 aliphatic rings. The molecule has 1 heterocycles. The Morgan fingerprint density at radius 1 is 1.19 bits per heavy atom. The predicted octanol–water partition coefficient (Wildman–Crippen LogP) is 1.38. The van der Waals surface area contributed by atoms with E-state index in [0.29, 0.717) is 26.1 Å². The summed E-state index contributed by atoms with van der Waals surface area (Å²) in [5.74, 6) is -0.953. The van der Waals surface area contributed by atoms with Crippen LogP contribution in [0.15, 0.2) is 24.3 Å². The highest BCUT2D eigenvalue weighted by Gasteiger charge is 2.31. The first kappa shape index (κ1) is 11.1. The van der Waals surface area contributed by atoms with Gasteiger partial charge in [0.2, 0.25) is 0 Å². The third kappa shape index (κ3) is 2.08. The van der Waals surface area contributed by atoms with E-state index in [-0.39, 0.29) is 5.56 Å². The summed E-state index contributed by atoms with van der Waals surface area (Å²) in [6.45, 7) is 1.08. The molecule has 1 saturated heterocycles. The van der Waals surface area contributed by atoms with E-state index in [2.05, 4.69) is 0 Å². The van der Waals surface area contributed by atoms with E-state index in [0.717, 1.165) is 5.56 Å². The van der Waals surface area contributed by atoms with E-state index in [1.807, 2.05) is 0 Å². The Balaban J connectivity index is 2.23. The van der Waals surface area contributed by atoms with E-state index in [1.54, 1.807) is 12.1 Å². The van der Waals surface area contributed by atoms with Crippen LogP contribution in [-0.2, 0) is 10.3 Å². The lowest BCUT2D eigenvalue weighted by molar-refractivity contribution is -0.0679. The number of rotatable bonds is 2. The van der Waals surface area contributed by atoms with Crippen molar-refractivity contribution in [1.82, 2.24) is 0 Å². The van der Waals surface area contributed by atoms with Crippen molar-refractivity contribution in [1.29, 1.82) is 0 Å². The summed E-state index contributed by atoms with van der Waals surface area (Å²) in [7, 11) is 0. The topological polar surface area (TPSA) is 66.8 Å². The van der Waals surface area contributed by atoms with E-state index in [9.17, 15) is 9.90 Å². The smallest absolute Gasteiger partial charge is 0.335 e. The second-order valence-corrected chi connectivity index (χ2v) is 4.03. The Labute approximate surface area is 93.5 Å². The van der Waals surface area contributed by atoms with Gasteiger partial charge in [0.1, 0.15) is 0 Å². The van der Waals surface area contributed by atoms with Gasteiger partial charge >= 0.3 is 5.97 Å². The van der Waals surface area contributed by atoms with Crippen LogP contribution in [0.3, 0.4) is 0 Å². The molecule has 0 aromatic heterocycles. The zero-order valence-corrected chi connectivity index (χ0v) is 8.85. The first-order valence-electron chi connectivity index (χ1n) is 5.26. The minimum Gasteiger partial charge on any atom is -0.478 e.